The number of phenols is 1. The molecule has 3 N–H and O–H groups in total. The predicted octanol–water partition coefficient (Wildman–Crippen LogP) is 7.40. The van der Waals surface area contributed by atoms with E-state index in [2.05, 4.69) is 29.8 Å². The average Bonchev–Trinajstić information content (AvgIpc) is 2.77. The predicted molar refractivity (Wildman–Crippen MR) is 120 cm³/mol. The van der Waals surface area contributed by atoms with Crippen molar-refractivity contribution in [3.63, 3.8) is 0 Å². The molecule has 160 valence electrons. The molecule has 0 aromatic heterocycles. The minimum atomic E-state index is -0.816. The monoisotopic (exact) mass is 478 g/mol. The van der Waals surface area contributed by atoms with Crippen molar-refractivity contribution in [3.05, 3.63) is 81.8 Å². The van der Waals surface area contributed by atoms with E-state index in [0.717, 1.165) is 23.2 Å². The first-order valence-electron chi connectivity index (χ1n) is 9.24. The first-order valence-corrected chi connectivity index (χ1v) is 10.2. The maximum Gasteiger partial charge on any atom is 0.206 e. The SMILES string of the molecule is [2H]c1cc(O)c(N=NC(N=Nc2ccc(SOON)cc2Cl)c2ccc(C)cc2)cc1Cl. The highest BCUT2D eigenvalue weighted by Crippen LogP contribution is 2.34. The fourth-order valence-electron chi connectivity index (χ4n) is 2.34. The van der Waals surface area contributed by atoms with Gasteiger partial charge in [-0.25, -0.2) is 0 Å². The van der Waals surface area contributed by atoms with Gasteiger partial charge < -0.3 is 5.11 Å². The van der Waals surface area contributed by atoms with Crippen molar-refractivity contribution in [2.24, 2.45) is 26.4 Å². The van der Waals surface area contributed by atoms with Gasteiger partial charge in [0.25, 0.3) is 0 Å². The van der Waals surface area contributed by atoms with Crippen LogP contribution >= 0.6 is 35.2 Å². The zero-order chi connectivity index (χ0) is 23.1. The molecule has 3 aromatic carbocycles. The number of nitrogens with zero attached hydrogens (tertiary/aromatic N) is 4. The first-order chi connectivity index (χ1) is 15.4. The fourth-order valence-corrected chi connectivity index (χ4v) is 3.18. The van der Waals surface area contributed by atoms with Gasteiger partial charge in [0, 0.05) is 15.5 Å². The highest BCUT2D eigenvalue weighted by atomic mass is 35.5. The number of hydrogen-bond donors (Lipinski definition) is 2. The minimum Gasteiger partial charge on any atom is -0.506 e. The molecule has 3 aromatic rings. The summed E-state index contributed by atoms with van der Waals surface area (Å²) in [5.41, 5.74) is 2.31. The van der Waals surface area contributed by atoms with Gasteiger partial charge in [-0.05, 0) is 43.3 Å². The van der Waals surface area contributed by atoms with Crippen LogP contribution in [0.25, 0.3) is 0 Å². The summed E-state index contributed by atoms with van der Waals surface area (Å²) in [4.78, 5) is 4.71. The van der Waals surface area contributed by atoms with Crippen LogP contribution in [-0.4, -0.2) is 5.11 Å². The maximum atomic E-state index is 10.0. The van der Waals surface area contributed by atoms with E-state index in [0.29, 0.717) is 15.6 Å². The molecule has 0 radical (unpaired) electrons. The molecule has 11 heteroatoms. The smallest absolute Gasteiger partial charge is 0.206 e. The Morgan fingerprint density at radius 2 is 1.74 bits per heavy atom. The quantitative estimate of drug-likeness (QED) is 0.151. The number of rotatable bonds is 8. The molecule has 0 spiro atoms. The number of aromatic hydroxyl groups is 1. The lowest BCUT2D eigenvalue weighted by Crippen LogP contribution is -1.93. The molecule has 31 heavy (non-hydrogen) atoms. The summed E-state index contributed by atoms with van der Waals surface area (Å²) in [5.74, 6) is 4.60. The molecule has 8 nitrogen and oxygen atoms in total. The van der Waals surface area contributed by atoms with Crippen LogP contribution in [0, 0.1) is 6.92 Å². The lowest BCUT2D eigenvalue weighted by molar-refractivity contribution is -0.195. The van der Waals surface area contributed by atoms with Crippen LogP contribution in [0.3, 0.4) is 0 Å². The number of nitrogens with two attached hydrogens (primary N) is 1. The van der Waals surface area contributed by atoms with E-state index < -0.39 is 6.17 Å². The normalized spacial score (nSPS) is 13.1. The van der Waals surface area contributed by atoms with Crippen molar-refractivity contribution in [1.82, 2.24) is 0 Å². The Hall–Kier alpha value is -2.53. The Kier molecular flexibility index (Phi) is 7.83. The van der Waals surface area contributed by atoms with Crippen molar-refractivity contribution >= 4 is 46.6 Å². The van der Waals surface area contributed by atoms with E-state index in [9.17, 15) is 5.11 Å². The summed E-state index contributed by atoms with van der Waals surface area (Å²) in [6.45, 7) is 1.96. The molecule has 0 fully saturated rings. The number of aryl methyl sites for hydroxylation is 1. The Morgan fingerprint density at radius 1 is 1.03 bits per heavy atom. The second-order valence-electron chi connectivity index (χ2n) is 6.13. The zero-order valence-electron chi connectivity index (χ0n) is 17.1. The van der Waals surface area contributed by atoms with Gasteiger partial charge >= 0.3 is 0 Å². The highest BCUT2D eigenvalue weighted by Gasteiger charge is 2.11. The molecular weight excluding hydrogens is 461 g/mol. The van der Waals surface area contributed by atoms with Crippen LogP contribution in [0.15, 0.2) is 86.0 Å². The van der Waals surface area contributed by atoms with Crippen LogP contribution in [-0.2, 0) is 9.32 Å². The second kappa shape index (κ2) is 11.2. The van der Waals surface area contributed by atoms with Crippen molar-refractivity contribution < 1.29 is 15.8 Å². The number of azo groups is 2. The summed E-state index contributed by atoms with van der Waals surface area (Å²) >= 11 is 13.1. The van der Waals surface area contributed by atoms with Gasteiger partial charge in [-0.2, -0.15) is 21.2 Å². The number of phenolic OH excluding ortho intramolecular Hbond substituents is 1. The molecule has 0 aliphatic carbocycles. The Bertz CT molecular complexity index is 1150. The summed E-state index contributed by atoms with van der Waals surface area (Å²) in [5, 5.41) is 27.3. The Labute approximate surface area is 194 Å². The van der Waals surface area contributed by atoms with Gasteiger partial charge in [-0.15, -0.1) is 14.4 Å². The topological polar surface area (TPSA) is 114 Å². The molecule has 0 aliphatic heterocycles. The van der Waals surface area contributed by atoms with Crippen molar-refractivity contribution in [2.45, 2.75) is 18.0 Å². The number of hydrogen-bond acceptors (Lipinski definition) is 9. The van der Waals surface area contributed by atoms with Crippen LogP contribution < -0.4 is 5.90 Å². The highest BCUT2D eigenvalue weighted by molar-refractivity contribution is 7.94. The van der Waals surface area contributed by atoms with Gasteiger partial charge in [0.1, 0.15) is 17.1 Å². The zero-order valence-corrected chi connectivity index (χ0v) is 18.4. The van der Waals surface area contributed by atoms with Crippen molar-refractivity contribution in [2.75, 3.05) is 0 Å². The van der Waals surface area contributed by atoms with Crippen molar-refractivity contribution in [3.8, 4) is 5.75 Å². The molecule has 3 rings (SSSR count). The largest absolute Gasteiger partial charge is 0.506 e. The Morgan fingerprint density at radius 3 is 2.42 bits per heavy atom. The average molecular weight is 479 g/mol. The van der Waals surface area contributed by atoms with Gasteiger partial charge in [0.05, 0.1) is 18.4 Å². The summed E-state index contributed by atoms with van der Waals surface area (Å²) in [7, 11) is 0. The van der Waals surface area contributed by atoms with Crippen LogP contribution in [0.5, 0.6) is 5.75 Å². The third kappa shape index (κ3) is 6.73. The van der Waals surface area contributed by atoms with Crippen LogP contribution in [0.1, 0.15) is 18.7 Å². The van der Waals surface area contributed by atoms with Gasteiger partial charge in [-0.1, -0.05) is 53.0 Å². The van der Waals surface area contributed by atoms with E-state index >= 15 is 0 Å². The van der Waals surface area contributed by atoms with Gasteiger partial charge in [0.15, 0.2) is 0 Å². The van der Waals surface area contributed by atoms with E-state index in [4.69, 9.17) is 30.5 Å². The summed E-state index contributed by atoms with van der Waals surface area (Å²) in [6.07, 6.45) is -0.816. The van der Waals surface area contributed by atoms with E-state index in [1.165, 1.54) is 12.1 Å². The third-order valence-corrected chi connectivity index (χ3v) is 5.00. The molecule has 0 aliphatic rings. The second-order valence-corrected chi connectivity index (χ2v) is 7.72. The molecule has 0 amide bonds. The lowest BCUT2D eigenvalue weighted by atomic mass is 10.1. The summed E-state index contributed by atoms with van der Waals surface area (Å²) < 4.78 is 12.2. The van der Waals surface area contributed by atoms with Crippen molar-refractivity contribution in [1.29, 1.82) is 0 Å². The lowest BCUT2D eigenvalue weighted by Gasteiger charge is -2.07. The van der Waals surface area contributed by atoms with Gasteiger partial charge in [0.2, 0.25) is 6.17 Å². The third-order valence-electron chi connectivity index (χ3n) is 3.89. The number of halogens is 2. The van der Waals surface area contributed by atoms with Crippen LogP contribution in [0.2, 0.25) is 10.0 Å². The minimum absolute atomic E-state index is 0.0161. The first kappa shape index (κ1) is 21.7. The standard InChI is InChI=1S/C20H17Cl2N5O3S/c1-12-2-4-13(5-3-12)20(27-25-18-10-14(21)6-9-19(18)28)26-24-17-8-7-15(11-16(17)22)31-30-29-23/h2-11,20,28H,23H2,1H3/i6D. The molecule has 0 saturated heterocycles. The molecular formula is C20H17Cl2N5O3S. The Balaban J connectivity index is 1.90. The molecule has 0 saturated carbocycles. The van der Waals surface area contributed by atoms with E-state index in [1.54, 1.807) is 18.2 Å². The molecule has 0 heterocycles. The number of benzene rings is 3. The molecule has 1 atom stereocenters. The van der Waals surface area contributed by atoms with E-state index in [1.807, 2.05) is 31.2 Å². The molecule has 0 bridgehead atoms. The van der Waals surface area contributed by atoms with Gasteiger partial charge in [-0.3, -0.25) is 0 Å². The summed E-state index contributed by atoms with van der Waals surface area (Å²) in [6, 6.07) is 15.0. The maximum absolute atomic E-state index is 10.0. The van der Waals surface area contributed by atoms with E-state index in [-0.39, 0.29) is 22.5 Å². The fraction of sp³-hybridized carbons (Fsp3) is 0.100. The molecule has 1 unspecified atom stereocenters. The van der Waals surface area contributed by atoms with Crippen LogP contribution in [0.4, 0.5) is 11.4 Å².